The lowest BCUT2D eigenvalue weighted by Crippen LogP contribution is -2.55. The number of aliphatic hydroxyl groups is 2. The van der Waals surface area contributed by atoms with Crippen LogP contribution in [0.25, 0.3) is 10.4 Å². The smallest absolute Gasteiger partial charge is 0.224 e. The zero-order chi connectivity index (χ0) is 24.8. The Labute approximate surface area is 203 Å². The van der Waals surface area contributed by atoms with Crippen molar-refractivity contribution in [1.29, 1.82) is 0 Å². The summed E-state index contributed by atoms with van der Waals surface area (Å²) in [6.45, 7) is 3.12. The summed E-state index contributed by atoms with van der Waals surface area (Å²) in [5.41, 5.74) is 3.53. The second-order valence-corrected chi connectivity index (χ2v) is 9.77. The Kier molecular flexibility index (Phi) is 9.52. The summed E-state index contributed by atoms with van der Waals surface area (Å²) < 4.78 is 24.8. The third-order valence-electron chi connectivity index (χ3n) is 6.28. The number of hydrogen-bond acceptors (Lipinski definition) is 8. The predicted molar refractivity (Wildman–Crippen MR) is 128 cm³/mol. The number of benzene rings is 1. The fourth-order valence-corrected chi connectivity index (χ4v) is 5.01. The molecule has 1 amide bonds. The molecule has 0 radical (unpaired) electrons. The maximum atomic E-state index is 14.0. The highest BCUT2D eigenvalue weighted by molar-refractivity contribution is 7.13. The maximum Gasteiger partial charge on any atom is 0.224 e. The number of halogens is 1. The van der Waals surface area contributed by atoms with E-state index in [0.29, 0.717) is 13.0 Å². The van der Waals surface area contributed by atoms with E-state index in [4.69, 9.17) is 9.47 Å². The van der Waals surface area contributed by atoms with Crippen molar-refractivity contribution in [2.24, 2.45) is 5.92 Å². The number of nitrogens with zero attached hydrogens (tertiary/aromatic N) is 2. The SMILES string of the molecule is CO[C@H](c1ccc(-c2cncs2)cc1)[C@@H](CF)NC(=O)C(C)CN(C)[C@H]1C[C@@H](C)O[C@@H](O)[C@@H]1O. The molecule has 3 rings (SSSR count). The lowest BCUT2D eigenvalue weighted by molar-refractivity contribution is -0.231. The van der Waals surface area contributed by atoms with Crippen molar-refractivity contribution < 1.29 is 28.9 Å². The molecule has 8 nitrogen and oxygen atoms in total. The molecule has 1 fully saturated rings. The molecule has 1 aromatic carbocycles. The zero-order valence-corrected chi connectivity index (χ0v) is 20.7. The van der Waals surface area contributed by atoms with E-state index < -0.39 is 37.1 Å². The summed E-state index contributed by atoms with van der Waals surface area (Å²) >= 11 is 1.53. The van der Waals surface area contributed by atoms with Gasteiger partial charge in [-0.05, 0) is 31.5 Å². The first-order valence-electron chi connectivity index (χ1n) is 11.3. The van der Waals surface area contributed by atoms with Gasteiger partial charge in [-0.2, -0.15) is 0 Å². The van der Waals surface area contributed by atoms with Crippen LogP contribution in [0.3, 0.4) is 0 Å². The largest absolute Gasteiger partial charge is 0.386 e. The number of ether oxygens (including phenoxy) is 2. The topological polar surface area (TPSA) is 104 Å². The molecule has 3 N–H and O–H groups in total. The Hall–Kier alpha value is -1.95. The molecule has 0 saturated carbocycles. The molecule has 188 valence electrons. The average Bonchev–Trinajstić information content (AvgIpc) is 3.36. The van der Waals surface area contributed by atoms with Crippen LogP contribution in [0, 0.1) is 5.92 Å². The van der Waals surface area contributed by atoms with Gasteiger partial charge < -0.3 is 25.0 Å². The van der Waals surface area contributed by atoms with Gasteiger partial charge in [-0.25, -0.2) is 4.39 Å². The summed E-state index contributed by atoms with van der Waals surface area (Å²) in [6, 6.07) is 6.39. The van der Waals surface area contributed by atoms with Crippen LogP contribution in [0.15, 0.2) is 36.0 Å². The highest BCUT2D eigenvalue weighted by atomic mass is 32.1. The summed E-state index contributed by atoms with van der Waals surface area (Å²) in [5, 5.41) is 23.0. The van der Waals surface area contributed by atoms with E-state index in [1.807, 2.05) is 36.1 Å². The first-order chi connectivity index (χ1) is 16.2. The number of methoxy groups -OCH3 is 1. The van der Waals surface area contributed by atoms with Gasteiger partial charge in [0.05, 0.1) is 22.5 Å². The zero-order valence-electron chi connectivity index (χ0n) is 19.9. The third-order valence-corrected chi connectivity index (χ3v) is 7.10. The minimum Gasteiger partial charge on any atom is -0.386 e. The fourth-order valence-electron chi connectivity index (χ4n) is 4.38. The van der Waals surface area contributed by atoms with Crippen LogP contribution >= 0.6 is 11.3 Å². The normalized spacial score (nSPS) is 25.6. The summed E-state index contributed by atoms with van der Waals surface area (Å²) in [4.78, 5) is 19.9. The molecule has 1 aliphatic heterocycles. The molecule has 1 aromatic heterocycles. The molecule has 10 heteroatoms. The maximum absolute atomic E-state index is 14.0. The van der Waals surface area contributed by atoms with Crippen LogP contribution in [0.1, 0.15) is 31.9 Å². The van der Waals surface area contributed by atoms with E-state index in [0.717, 1.165) is 16.0 Å². The average molecular weight is 496 g/mol. The molecule has 0 spiro atoms. The molecule has 1 aliphatic rings. The van der Waals surface area contributed by atoms with Crippen LogP contribution in [-0.2, 0) is 14.3 Å². The van der Waals surface area contributed by atoms with Gasteiger partial charge in [-0.1, -0.05) is 31.2 Å². The van der Waals surface area contributed by atoms with Crippen molar-refractivity contribution >= 4 is 17.2 Å². The standard InChI is InChI=1S/C24H34FN3O5S/c1-14(12-28(3)19-9-15(2)33-24(31)21(19)29)23(30)27-18(10-25)22(32-4)17-7-5-16(6-8-17)20-11-26-13-34-20/h5-8,11,13-15,18-19,21-22,24,29,31H,9-10,12H2,1-4H3,(H,27,30)/t14?,15-,18-,19+,21-,22-,24-/m1/s1. The monoisotopic (exact) mass is 495 g/mol. The lowest BCUT2D eigenvalue weighted by atomic mass is 9.97. The summed E-state index contributed by atoms with van der Waals surface area (Å²) in [6.07, 6.45) is -0.878. The Morgan fingerprint density at radius 1 is 1.38 bits per heavy atom. The van der Waals surface area contributed by atoms with Crippen molar-refractivity contribution in [2.75, 3.05) is 27.4 Å². The molecular weight excluding hydrogens is 461 g/mol. The van der Waals surface area contributed by atoms with Gasteiger partial charge in [0.25, 0.3) is 0 Å². The number of carbonyl (C=O) groups excluding carboxylic acids is 1. The molecule has 0 aliphatic carbocycles. The number of nitrogens with one attached hydrogen (secondary N) is 1. The second-order valence-electron chi connectivity index (χ2n) is 8.88. The minimum absolute atomic E-state index is 0.212. The van der Waals surface area contributed by atoms with E-state index >= 15 is 0 Å². The Bertz CT molecular complexity index is 901. The van der Waals surface area contributed by atoms with Crippen molar-refractivity contribution in [3.8, 4) is 10.4 Å². The van der Waals surface area contributed by atoms with Gasteiger partial charge >= 0.3 is 0 Å². The highest BCUT2D eigenvalue weighted by Gasteiger charge is 2.38. The Balaban J connectivity index is 1.62. The molecule has 34 heavy (non-hydrogen) atoms. The van der Waals surface area contributed by atoms with E-state index in [1.165, 1.54) is 18.4 Å². The number of alkyl halides is 1. The van der Waals surface area contributed by atoms with Crippen molar-refractivity contribution in [3.63, 3.8) is 0 Å². The van der Waals surface area contributed by atoms with Crippen LogP contribution < -0.4 is 5.32 Å². The van der Waals surface area contributed by atoms with Gasteiger partial charge in [-0.3, -0.25) is 14.7 Å². The minimum atomic E-state index is -1.26. The van der Waals surface area contributed by atoms with E-state index in [1.54, 1.807) is 25.7 Å². The van der Waals surface area contributed by atoms with E-state index in [2.05, 4.69) is 10.3 Å². The molecule has 2 aromatic rings. The number of likely N-dealkylation sites (N-methyl/N-ethyl adjacent to an activating group) is 1. The highest BCUT2D eigenvalue weighted by Crippen LogP contribution is 2.28. The van der Waals surface area contributed by atoms with Gasteiger partial charge in [0.1, 0.15) is 18.9 Å². The van der Waals surface area contributed by atoms with Crippen LogP contribution in [0.4, 0.5) is 4.39 Å². The van der Waals surface area contributed by atoms with Gasteiger partial charge in [-0.15, -0.1) is 11.3 Å². The quantitative estimate of drug-likeness (QED) is 0.465. The number of aliphatic hydroxyl groups excluding tert-OH is 2. The van der Waals surface area contributed by atoms with Gasteiger partial charge in [0.15, 0.2) is 6.29 Å². The Morgan fingerprint density at radius 2 is 2.09 bits per heavy atom. The number of rotatable bonds is 10. The first-order valence-corrected chi connectivity index (χ1v) is 12.2. The lowest BCUT2D eigenvalue weighted by Gasteiger charge is -2.41. The molecule has 0 bridgehead atoms. The number of aromatic nitrogens is 1. The Morgan fingerprint density at radius 3 is 2.68 bits per heavy atom. The van der Waals surface area contributed by atoms with E-state index in [-0.39, 0.29) is 18.1 Å². The molecular formula is C24H34FN3O5S. The van der Waals surface area contributed by atoms with Crippen molar-refractivity contribution in [2.45, 2.75) is 57.0 Å². The molecule has 2 heterocycles. The van der Waals surface area contributed by atoms with Crippen molar-refractivity contribution in [3.05, 3.63) is 41.5 Å². The number of thiazole rings is 1. The van der Waals surface area contributed by atoms with Crippen molar-refractivity contribution in [1.82, 2.24) is 15.2 Å². The van der Waals surface area contributed by atoms with Crippen LogP contribution in [0.5, 0.6) is 0 Å². The van der Waals surface area contributed by atoms with Gasteiger partial charge in [0, 0.05) is 31.8 Å². The predicted octanol–water partition coefficient (Wildman–Crippen LogP) is 2.38. The summed E-state index contributed by atoms with van der Waals surface area (Å²) in [7, 11) is 3.28. The van der Waals surface area contributed by atoms with Crippen LogP contribution in [-0.4, -0.2) is 84.0 Å². The van der Waals surface area contributed by atoms with Crippen LogP contribution in [0.2, 0.25) is 0 Å². The fraction of sp³-hybridized carbons (Fsp3) is 0.583. The molecule has 1 saturated heterocycles. The van der Waals surface area contributed by atoms with Gasteiger partial charge in [0.2, 0.25) is 5.91 Å². The number of hydrogen-bond donors (Lipinski definition) is 3. The number of amides is 1. The first kappa shape index (κ1) is 26.7. The van der Waals surface area contributed by atoms with E-state index in [9.17, 15) is 19.4 Å². The molecule has 1 unspecified atom stereocenters. The summed E-state index contributed by atoms with van der Waals surface area (Å²) in [5.74, 6) is -0.791. The molecule has 7 atom stereocenters. The number of carbonyl (C=O) groups is 1. The second kappa shape index (κ2) is 12.1. The third kappa shape index (κ3) is 6.38.